The van der Waals surface area contributed by atoms with Crippen molar-refractivity contribution < 1.29 is 14.2 Å². The molecule has 0 spiro atoms. The highest BCUT2D eigenvalue weighted by Crippen LogP contribution is 2.26. The van der Waals surface area contributed by atoms with E-state index in [0.717, 1.165) is 17.5 Å². The van der Waals surface area contributed by atoms with Gasteiger partial charge in [-0.25, -0.2) is 9.13 Å². The van der Waals surface area contributed by atoms with Crippen LogP contribution in [0.25, 0.3) is 0 Å². The van der Waals surface area contributed by atoms with Gasteiger partial charge in [0.25, 0.3) is 0 Å². The number of hydrogen-bond acceptors (Lipinski definition) is 1. The topological polar surface area (TPSA) is 28.0 Å². The quantitative estimate of drug-likeness (QED) is 0.319. The molecule has 30 heavy (non-hydrogen) atoms. The molecule has 3 rings (SSSR count). The van der Waals surface area contributed by atoms with Gasteiger partial charge in [0.05, 0.1) is 11.1 Å². The van der Waals surface area contributed by atoms with Gasteiger partial charge in [-0.1, -0.05) is 57.6 Å². The Morgan fingerprint density at radius 1 is 0.633 bits per heavy atom. The molecule has 0 bridgehead atoms. The molecule has 0 unspecified atom stereocenters. The van der Waals surface area contributed by atoms with Crippen molar-refractivity contribution in [3.8, 4) is 5.75 Å². The highest BCUT2D eigenvalue weighted by atomic mass is 16.3. The van der Waals surface area contributed by atoms with Crippen molar-refractivity contribution in [1.82, 2.24) is 0 Å². The molecule has 0 aliphatic rings. The molecule has 2 heterocycles. The summed E-state index contributed by atoms with van der Waals surface area (Å²) in [4.78, 5) is 0. The van der Waals surface area contributed by atoms with Gasteiger partial charge in [0.1, 0.15) is 5.75 Å². The van der Waals surface area contributed by atoms with Gasteiger partial charge in [-0.2, -0.15) is 0 Å². The minimum absolute atomic E-state index is 0.422. The number of pyridine rings is 2. The molecule has 3 aromatic rings. The van der Waals surface area contributed by atoms with Crippen LogP contribution in [0, 0.1) is 0 Å². The summed E-state index contributed by atoms with van der Waals surface area (Å²) in [7, 11) is 0. The van der Waals surface area contributed by atoms with Gasteiger partial charge in [0.15, 0.2) is 37.9 Å². The first kappa shape index (κ1) is 22.0. The van der Waals surface area contributed by atoms with Gasteiger partial charge in [-0.05, 0) is 30.5 Å². The lowest BCUT2D eigenvalue weighted by atomic mass is 9.98. The maximum absolute atomic E-state index is 11.0. The zero-order valence-corrected chi connectivity index (χ0v) is 18.3. The monoisotopic (exact) mass is 404 g/mol. The maximum Gasteiger partial charge on any atom is 0.177 e. The highest BCUT2D eigenvalue weighted by molar-refractivity contribution is 5.43. The summed E-state index contributed by atoms with van der Waals surface area (Å²) in [6.45, 7) is 3.63. The molecule has 3 nitrogen and oxygen atoms in total. The fourth-order valence-electron chi connectivity index (χ4n) is 3.98. The normalized spacial score (nSPS) is 11.0. The molecule has 0 aliphatic heterocycles. The first-order chi connectivity index (χ1) is 14.8. The molecule has 1 N–H and O–H groups in total. The molecule has 0 saturated heterocycles. The van der Waals surface area contributed by atoms with E-state index in [-0.39, 0.29) is 0 Å². The second-order valence-electron chi connectivity index (χ2n) is 8.23. The molecular weight excluding hydrogens is 368 g/mol. The molecule has 0 fully saturated rings. The Bertz CT molecular complexity index is 815. The molecule has 1 aromatic carbocycles. The number of rotatable bonds is 12. The minimum Gasteiger partial charge on any atom is -0.507 e. The van der Waals surface area contributed by atoms with Crippen molar-refractivity contribution in [1.29, 1.82) is 0 Å². The van der Waals surface area contributed by atoms with Crippen molar-refractivity contribution in [3.05, 3.63) is 90.0 Å². The van der Waals surface area contributed by atoms with E-state index in [4.69, 9.17) is 0 Å². The van der Waals surface area contributed by atoms with E-state index >= 15 is 0 Å². The largest absolute Gasteiger partial charge is 0.507 e. The van der Waals surface area contributed by atoms with Crippen LogP contribution in [0.2, 0.25) is 0 Å². The van der Waals surface area contributed by atoms with Crippen molar-refractivity contribution in [2.24, 2.45) is 0 Å². The fraction of sp³-hybridized carbons (Fsp3) is 0.407. The molecule has 3 heteroatoms. The zero-order valence-electron chi connectivity index (χ0n) is 18.3. The molecule has 0 amide bonds. The van der Waals surface area contributed by atoms with E-state index in [1.54, 1.807) is 0 Å². The van der Waals surface area contributed by atoms with Crippen LogP contribution in [0.3, 0.4) is 0 Å². The van der Waals surface area contributed by atoms with Gasteiger partial charge < -0.3 is 5.11 Å². The summed E-state index contributed by atoms with van der Waals surface area (Å²) in [5.41, 5.74) is 3.33. The van der Waals surface area contributed by atoms with E-state index < -0.39 is 0 Å². The third kappa shape index (κ3) is 6.98. The van der Waals surface area contributed by atoms with Gasteiger partial charge >= 0.3 is 0 Å². The predicted octanol–water partition coefficient (Wildman–Crippen LogP) is 5.36. The van der Waals surface area contributed by atoms with Gasteiger partial charge in [0, 0.05) is 24.3 Å². The summed E-state index contributed by atoms with van der Waals surface area (Å²) in [6, 6.07) is 16.5. The Kier molecular flexibility index (Phi) is 8.89. The number of hydrogen-bond donors (Lipinski definition) is 1. The molecular formula is C27H36N2O+2. The third-order valence-electron chi connectivity index (χ3n) is 5.66. The maximum atomic E-state index is 11.0. The number of benzene rings is 1. The number of aromatic nitrogens is 2. The van der Waals surface area contributed by atoms with Crippen molar-refractivity contribution >= 4 is 0 Å². The average molecular weight is 405 g/mol. The van der Waals surface area contributed by atoms with Crippen molar-refractivity contribution in [2.45, 2.75) is 71.4 Å². The second-order valence-corrected chi connectivity index (χ2v) is 8.23. The zero-order chi connectivity index (χ0) is 21.0. The number of unbranched alkanes of at least 4 members (excludes halogenated alkanes) is 6. The Balaban J connectivity index is 1.72. The number of aryl methyl sites for hydroxylation is 1. The van der Waals surface area contributed by atoms with Crippen LogP contribution in [-0.4, -0.2) is 5.11 Å². The molecule has 0 aliphatic carbocycles. The van der Waals surface area contributed by atoms with E-state index in [9.17, 15) is 5.11 Å². The number of aromatic hydroxyl groups is 1. The van der Waals surface area contributed by atoms with Crippen LogP contribution in [0.15, 0.2) is 73.3 Å². The molecule has 2 aromatic heterocycles. The SMILES string of the molecule is CCCCCCCCCc1cc(C[n+]2ccccc2)c(O)c(C[n+]2ccccc2)c1. The van der Waals surface area contributed by atoms with Crippen LogP contribution in [0.1, 0.15) is 68.6 Å². The first-order valence-electron chi connectivity index (χ1n) is 11.5. The summed E-state index contributed by atoms with van der Waals surface area (Å²) in [5.74, 6) is 0.422. The Labute approximate surface area is 181 Å². The molecule has 0 saturated carbocycles. The van der Waals surface area contributed by atoms with Crippen molar-refractivity contribution in [3.63, 3.8) is 0 Å². The smallest absolute Gasteiger partial charge is 0.177 e. The number of phenols is 1. The standard InChI is InChI=1S/C27H35N2O/c1-2-3-4-5-6-7-10-15-24-20-25(22-28-16-11-8-12-17-28)27(30)26(21-24)23-29-18-13-9-14-19-29/h8-9,11-14,16-21H,2-7,10,15,22-23H2,1H3/q+1/p+1. The Morgan fingerprint density at radius 2 is 1.10 bits per heavy atom. The van der Waals surface area contributed by atoms with Gasteiger partial charge in [-0.15, -0.1) is 0 Å². The number of nitrogens with zero attached hydrogens (tertiary/aromatic N) is 2. The Morgan fingerprint density at radius 3 is 1.60 bits per heavy atom. The molecule has 0 atom stereocenters. The highest BCUT2D eigenvalue weighted by Gasteiger charge is 2.16. The minimum atomic E-state index is 0.422. The third-order valence-corrected chi connectivity index (χ3v) is 5.66. The lowest BCUT2D eigenvalue weighted by molar-refractivity contribution is -0.689. The molecule has 0 radical (unpaired) electrons. The summed E-state index contributed by atoms with van der Waals surface area (Å²) in [5, 5.41) is 11.0. The predicted molar refractivity (Wildman–Crippen MR) is 121 cm³/mol. The van der Waals surface area contributed by atoms with Crippen LogP contribution in [0.5, 0.6) is 5.75 Å². The van der Waals surface area contributed by atoms with E-state index in [1.165, 1.54) is 50.5 Å². The van der Waals surface area contributed by atoms with Crippen LogP contribution >= 0.6 is 0 Å². The average Bonchev–Trinajstić information content (AvgIpc) is 2.77. The fourth-order valence-corrected chi connectivity index (χ4v) is 3.98. The van der Waals surface area contributed by atoms with Crippen LogP contribution < -0.4 is 9.13 Å². The summed E-state index contributed by atoms with van der Waals surface area (Å²) < 4.78 is 4.23. The molecule has 158 valence electrons. The van der Waals surface area contributed by atoms with Crippen LogP contribution in [0.4, 0.5) is 0 Å². The summed E-state index contributed by atoms with van der Waals surface area (Å²) >= 11 is 0. The first-order valence-corrected chi connectivity index (χ1v) is 11.5. The lowest BCUT2D eigenvalue weighted by Gasteiger charge is -2.11. The van der Waals surface area contributed by atoms with E-state index in [1.807, 2.05) is 61.2 Å². The van der Waals surface area contributed by atoms with E-state index in [0.29, 0.717) is 18.8 Å². The lowest BCUT2D eigenvalue weighted by Crippen LogP contribution is -2.34. The number of phenolic OH excluding ortho intramolecular Hbond substituents is 1. The Hall–Kier alpha value is -2.68. The van der Waals surface area contributed by atoms with E-state index in [2.05, 4.69) is 28.2 Å². The van der Waals surface area contributed by atoms with Gasteiger partial charge in [0.2, 0.25) is 0 Å². The van der Waals surface area contributed by atoms with Crippen LogP contribution in [-0.2, 0) is 19.5 Å². The van der Waals surface area contributed by atoms with Gasteiger partial charge in [-0.3, -0.25) is 0 Å². The van der Waals surface area contributed by atoms with Crippen molar-refractivity contribution in [2.75, 3.05) is 0 Å². The second kappa shape index (κ2) is 12.1. The summed E-state index contributed by atoms with van der Waals surface area (Å²) in [6.07, 6.45) is 18.5.